The van der Waals surface area contributed by atoms with Crippen LogP contribution in [0.4, 0.5) is 13.2 Å². The Morgan fingerprint density at radius 3 is 2.56 bits per heavy atom. The summed E-state index contributed by atoms with van der Waals surface area (Å²) >= 11 is 0. The largest absolute Gasteiger partial charge is 0.401 e. The molecule has 1 aliphatic heterocycles. The van der Waals surface area contributed by atoms with Gasteiger partial charge >= 0.3 is 6.18 Å². The van der Waals surface area contributed by atoms with E-state index < -0.39 is 12.7 Å². The first-order valence-electron chi connectivity index (χ1n) is 7.04. The topological polar surface area (TPSA) is 15.3 Å². The molecule has 1 saturated carbocycles. The summed E-state index contributed by atoms with van der Waals surface area (Å²) in [5.74, 6) is 0.802. The number of nitrogens with one attached hydrogen (secondary N) is 1. The number of rotatable bonds is 5. The second kappa shape index (κ2) is 5.78. The Morgan fingerprint density at radius 1 is 1.28 bits per heavy atom. The van der Waals surface area contributed by atoms with Crippen molar-refractivity contribution in [3.8, 4) is 0 Å². The van der Waals surface area contributed by atoms with Crippen molar-refractivity contribution in [2.45, 2.75) is 57.3 Å². The van der Waals surface area contributed by atoms with Gasteiger partial charge in [-0.05, 0) is 44.6 Å². The Bertz CT molecular complexity index is 263. The van der Waals surface area contributed by atoms with Gasteiger partial charge in [-0.2, -0.15) is 13.2 Å². The summed E-state index contributed by atoms with van der Waals surface area (Å²) in [6, 6.07) is 0.605. The summed E-state index contributed by atoms with van der Waals surface area (Å²) in [6.07, 6.45) is 1.51. The van der Waals surface area contributed by atoms with E-state index in [9.17, 15) is 13.2 Å². The highest BCUT2D eigenvalue weighted by molar-refractivity contribution is 4.91. The Hall–Kier alpha value is -0.290. The highest BCUT2D eigenvalue weighted by Crippen LogP contribution is 2.37. The van der Waals surface area contributed by atoms with Gasteiger partial charge in [0.25, 0.3) is 0 Å². The van der Waals surface area contributed by atoms with E-state index in [2.05, 4.69) is 17.1 Å². The number of piperidine rings is 1. The third-order valence-corrected chi connectivity index (χ3v) is 4.10. The lowest BCUT2D eigenvalue weighted by atomic mass is 10.00. The fourth-order valence-electron chi connectivity index (χ4n) is 3.10. The maximum absolute atomic E-state index is 12.2. The van der Waals surface area contributed by atoms with Crippen LogP contribution in [-0.2, 0) is 0 Å². The fourth-order valence-corrected chi connectivity index (χ4v) is 3.10. The smallest absolute Gasteiger partial charge is 0.305 e. The van der Waals surface area contributed by atoms with E-state index in [4.69, 9.17) is 0 Å². The predicted octanol–water partition coefficient (Wildman–Crippen LogP) is 2.79. The second-order valence-corrected chi connectivity index (χ2v) is 5.64. The molecule has 2 nitrogen and oxygen atoms in total. The van der Waals surface area contributed by atoms with E-state index in [1.807, 2.05) is 0 Å². The van der Waals surface area contributed by atoms with Crippen LogP contribution in [0.25, 0.3) is 0 Å². The van der Waals surface area contributed by atoms with Gasteiger partial charge in [-0.1, -0.05) is 6.92 Å². The SMILES string of the molecule is CCC(C1CC1)N1CCCC(NCC(F)(F)F)C1. The van der Waals surface area contributed by atoms with E-state index in [1.54, 1.807) is 0 Å². The summed E-state index contributed by atoms with van der Waals surface area (Å²) in [7, 11) is 0. The van der Waals surface area contributed by atoms with Gasteiger partial charge < -0.3 is 5.32 Å². The van der Waals surface area contributed by atoms with E-state index >= 15 is 0 Å². The Morgan fingerprint density at radius 2 is 2.00 bits per heavy atom. The van der Waals surface area contributed by atoms with Crippen molar-refractivity contribution in [1.82, 2.24) is 10.2 Å². The van der Waals surface area contributed by atoms with Gasteiger partial charge in [-0.25, -0.2) is 0 Å². The summed E-state index contributed by atoms with van der Waals surface area (Å²) in [4.78, 5) is 2.41. The summed E-state index contributed by atoms with van der Waals surface area (Å²) < 4.78 is 36.6. The molecule has 2 fully saturated rings. The van der Waals surface area contributed by atoms with Gasteiger partial charge in [-0.3, -0.25) is 4.90 Å². The zero-order valence-corrected chi connectivity index (χ0v) is 11.0. The third-order valence-electron chi connectivity index (χ3n) is 4.10. The molecule has 0 radical (unpaired) electrons. The zero-order valence-electron chi connectivity index (χ0n) is 11.0. The van der Waals surface area contributed by atoms with Crippen molar-refractivity contribution in [3.05, 3.63) is 0 Å². The first-order valence-corrected chi connectivity index (χ1v) is 7.04. The van der Waals surface area contributed by atoms with Crippen molar-refractivity contribution in [2.75, 3.05) is 19.6 Å². The first-order chi connectivity index (χ1) is 8.49. The average Bonchev–Trinajstić information content (AvgIpc) is 3.12. The number of likely N-dealkylation sites (tertiary alicyclic amines) is 1. The molecule has 1 aliphatic carbocycles. The third kappa shape index (κ3) is 4.12. The van der Waals surface area contributed by atoms with Crippen LogP contribution in [0.5, 0.6) is 0 Å². The monoisotopic (exact) mass is 264 g/mol. The van der Waals surface area contributed by atoms with Crippen molar-refractivity contribution >= 4 is 0 Å². The molecule has 0 amide bonds. The van der Waals surface area contributed by atoms with Crippen molar-refractivity contribution in [3.63, 3.8) is 0 Å². The highest BCUT2D eigenvalue weighted by Gasteiger charge is 2.36. The maximum atomic E-state index is 12.2. The van der Waals surface area contributed by atoms with Crippen molar-refractivity contribution in [2.24, 2.45) is 5.92 Å². The molecule has 106 valence electrons. The van der Waals surface area contributed by atoms with Gasteiger partial charge in [0.05, 0.1) is 6.54 Å². The number of hydrogen-bond acceptors (Lipinski definition) is 2. The van der Waals surface area contributed by atoms with Crippen LogP contribution in [0.1, 0.15) is 39.0 Å². The van der Waals surface area contributed by atoms with Crippen LogP contribution >= 0.6 is 0 Å². The zero-order chi connectivity index (χ0) is 13.2. The molecule has 2 aliphatic rings. The second-order valence-electron chi connectivity index (χ2n) is 5.64. The van der Waals surface area contributed by atoms with Crippen LogP contribution in [-0.4, -0.2) is 42.8 Å². The van der Waals surface area contributed by atoms with E-state index in [0.29, 0.717) is 6.04 Å². The summed E-state index contributed by atoms with van der Waals surface area (Å²) in [5.41, 5.74) is 0. The minimum absolute atomic E-state index is 0.00757. The molecule has 0 aromatic rings. The molecule has 0 aromatic carbocycles. The Balaban J connectivity index is 1.80. The minimum atomic E-state index is -4.09. The van der Waals surface area contributed by atoms with Crippen LogP contribution in [0.15, 0.2) is 0 Å². The molecule has 5 heteroatoms. The van der Waals surface area contributed by atoms with Crippen molar-refractivity contribution in [1.29, 1.82) is 0 Å². The molecule has 0 bridgehead atoms. The number of halogens is 3. The van der Waals surface area contributed by atoms with Gasteiger partial charge in [0.15, 0.2) is 0 Å². The average molecular weight is 264 g/mol. The molecule has 2 atom stereocenters. The minimum Gasteiger partial charge on any atom is -0.305 e. The van der Waals surface area contributed by atoms with E-state index in [1.165, 1.54) is 12.8 Å². The predicted molar refractivity (Wildman–Crippen MR) is 65.5 cm³/mol. The lowest BCUT2D eigenvalue weighted by Gasteiger charge is -2.38. The number of nitrogens with zero attached hydrogens (tertiary/aromatic N) is 1. The lowest BCUT2D eigenvalue weighted by molar-refractivity contribution is -0.127. The van der Waals surface area contributed by atoms with Crippen LogP contribution < -0.4 is 5.32 Å². The molecular weight excluding hydrogens is 241 g/mol. The van der Waals surface area contributed by atoms with Gasteiger partial charge in [0, 0.05) is 18.6 Å². The fraction of sp³-hybridized carbons (Fsp3) is 1.00. The van der Waals surface area contributed by atoms with E-state index in [-0.39, 0.29) is 6.04 Å². The molecule has 1 heterocycles. The molecule has 2 unspecified atom stereocenters. The first kappa shape index (κ1) is 14.1. The number of hydrogen-bond donors (Lipinski definition) is 1. The standard InChI is InChI=1S/C13H23F3N2/c1-2-12(10-5-6-10)18-7-3-4-11(8-18)17-9-13(14,15)16/h10-12,17H,2-9H2,1H3. The molecule has 18 heavy (non-hydrogen) atoms. The number of alkyl halides is 3. The lowest BCUT2D eigenvalue weighted by Crippen LogP contribution is -2.51. The van der Waals surface area contributed by atoms with Gasteiger partial charge in [0.1, 0.15) is 0 Å². The summed E-state index contributed by atoms with van der Waals surface area (Å²) in [6.45, 7) is 3.17. The molecular formula is C13H23F3N2. The molecule has 0 spiro atoms. The van der Waals surface area contributed by atoms with Gasteiger partial charge in [0.2, 0.25) is 0 Å². The molecule has 1 saturated heterocycles. The Kier molecular flexibility index (Phi) is 4.54. The van der Waals surface area contributed by atoms with E-state index in [0.717, 1.165) is 38.3 Å². The van der Waals surface area contributed by atoms with Crippen molar-refractivity contribution < 1.29 is 13.2 Å². The maximum Gasteiger partial charge on any atom is 0.401 e. The molecule has 2 rings (SSSR count). The van der Waals surface area contributed by atoms with Gasteiger partial charge in [-0.15, -0.1) is 0 Å². The van der Waals surface area contributed by atoms with Crippen LogP contribution in [0.2, 0.25) is 0 Å². The molecule has 1 N–H and O–H groups in total. The van der Waals surface area contributed by atoms with Crippen LogP contribution in [0, 0.1) is 5.92 Å². The Labute approximate surface area is 107 Å². The summed E-state index contributed by atoms with van der Waals surface area (Å²) in [5, 5.41) is 2.66. The quantitative estimate of drug-likeness (QED) is 0.821. The highest BCUT2D eigenvalue weighted by atomic mass is 19.4. The molecule has 0 aromatic heterocycles. The van der Waals surface area contributed by atoms with Crippen LogP contribution in [0.3, 0.4) is 0 Å². The normalized spacial score (nSPS) is 28.3.